The van der Waals surface area contributed by atoms with Gasteiger partial charge in [0.1, 0.15) is 0 Å². The summed E-state index contributed by atoms with van der Waals surface area (Å²) in [5.41, 5.74) is 0. The van der Waals surface area contributed by atoms with Crippen molar-refractivity contribution in [2.75, 3.05) is 0 Å². The Bertz CT molecular complexity index is 1270. The molecule has 10 nitrogen and oxygen atoms in total. The van der Waals surface area contributed by atoms with Crippen LogP contribution in [0.5, 0.6) is 0 Å². The topological polar surface area (TPSA) is 186 Å². The van der Waals surface area contributed by atoms with Crippen molar-refractivity contribution in [3.8, 4) is 0 Å². The number of hydrogen-bond acceptors (Lipinski definition) is 5. The largest absolute Gasteiger partial charge is 0.481 e. The Morgan fingerprint density at radius 1 is 0.129 bits per heavy atom. The Labute approximate surface area is 642 Å². The number of carbonyl (C=O) groups is 5. The molecular formula is C90H180O10V. The molecule has 0 unspecified atom stereocenters. The van der Waals surface area contributed by atoms with Crippen molar-refractivity contribution >= 4 is 29.8 Å². The van der Waals surface area contributed by atoms with Gasteiger partial charge in [-0.15, -0.1) is 0 Å². The molecule has 0 fully saturated rings. The van der Waals surface area contributed by atoms with Gasteiger partial charge in [-0.3, -0.25) is 24.0 Å². The molecule has 0 rings (SSSR count). The molecule has 0 aliphatic carbocycles. The van der Waals surface area contributed by atoms with Crippen LogP contribution in [-0.2, 0) is 42.5 Å². The minimum absolute atomic E-state index is 0. The molecule has 0 saturated carbocycles. The van der Waals surface area contributed by atoms with Crippen molar-refractivity contribution in [2.24, 2.45) is 0 Å². The first kappa shape index (κ1) is 110. The fourth-order valence-corrected chi connectivity index (χ4v) is 13.2. The molecule has 0 bridgehead atoms. The van der Waals surface area contributed by atoms with E-state index in [1.807, 2.05) is 0 Å². The Hall–Kier alpha value is -2.07. The summed E-state index contributed by atoms with van der Waals surface area (Å²) in [6.45, 7) is 11.4. The number of carboxylic acid groups (broad SMARTS) is 5. The Morgan fingerprint density at radius 2 is 0.188 bits per heavy atom. The summed E-state index contributed by atoms with van der Waals surface area (Å²) in [6.07, 6.45) is 101. The maximum Gasteiger partial charge on any atom is 0.303 e. The molecule has 0 aromatic carbocycles. The molecule has 5 N–H and O–H groups in total. The van der Waals surface area contributed by atoms with Gasteiger partial charge in [0.2, 0.25) is 0 Å². The summed E-state index contributed by atoms with van der Waals surface area (Å²) >= 11 is 0. The van der Waals surface area contributed by atoms with E-state index in [-0.39, 0.29) is 18.6 Å². The van der Waals surface area contributed by atoms with Gasteiger partial charge < -0.3 is 25.5 Å². The number of rotatable bonds is 80. The summed E-state index contributed by atoms with van der Waals surface area (Å²) in [5.74, 6) is -3.27. The molecule has 0 aliphatic heterocycles. The van der Waals surface area contributed by atoms with Crippen molar-refractivity contribution in [1.82, 2.24) is 0 Å². The summed E-state index contributed by atoms with van der Waals surface area (Å²) in [7, 11) is 0. The predicted octanol–water partition coefficient (Wildman–Crippen LogP) is 31.7. The second-order valence-electron chi connectivity index (χ2n) is 30.5. The molecule has 0 heterocycles. The number of aliphatic carboxylic acids is 5. The van der Waals surface area contributed by atoms with Crippen LogP contribution in [0.3, 0.4) is 0 Å². The van der Waals surface area contributed by atoms with Crippen LogP contribution in [0.1, 0.15) is 548 Å². The van der Waals surface area contributed by atoms with Crippen molar-refractivity contribution in [3.05, 3.63) is 0 Å². The summed E-state index contributed by atoms with van der Waals surface area (Å²) in [5, 5.41) is 42.6. The van der Waals surface area contributed by atoms with E-state index in [1.54, 1.807) is 0 Å². The van der Waals surface area contributed by atoms with Crippen molar-refractivity contribution in [3.63, 3.8) is 0 Å². The van der Waals surface area contributed by atoms with Gasteiger partial charge in [-0.1, -0.05) is 484 Å². The summed E-state index contributed by atoms with van der Waals surface area (Å²) in [6, 6.07) is 0. The molecule has 605 valence electrons. The van der Waals surface area contributed by atoms with Gasteiger partial charge in [0.25, 0.3) is 0 Å². The fraction of sp³-hybridized carbons (Fsp3) is 0.944. The molecule has 0 saturated heterocycles. The Kier molecular flexibility index (Phi) is 116. The molecule has 0 atom stereocenters. The second kappa shape index (κ2) is 107. The Morgan fingerprint density at radius 3 is 0.248 bits per heavy atom. The van der Waals surface area contributed by atoms with E-state index in [9.17, 15) is 24.0 Å². The second-order valence-corrected chi connectivity index (χ2v) is 30.5. The van der Waals surface area contributed by atoms with Gasteiger partial charge in [0.15, 0.2) is 0 Å². The summed E-state index contributed by atoms with van der Waals surface area (Å²) in [4.78, 5) is 51.7. The normalized spacial score (nSPS) is 10.7. The molecular weight excluding hydrogens is 1290 g/mol. The van der Waals surface area contributed by atoms with Gasteiger partial charge in [0, 0.05) is 50.7 Å². The third-order valence-corrected chi connectivity index (χ3v) is 20.0. The average molecular weight is 1470 g/mol. The van der Waals surface area contributed by atoms with E-state index in [1.165, 1.54) is 417 Å². The van der Waals surface area contributed by atoms with Crippen LogP contribution >= 0.6 is 0 Å². The molecule has 0 aromatic rings. The van der Waals surface area contributed by atoms with Crippen LogP contribution in [-0.4, -0.2) is 55.4 Å². The van der Waals surface area contributed by atoms with Gasteiger partial charge in [-0.05, 0) is 32.1 Å². The van der Waals surface area contributed by atoms with Gasteiger partial charge in [-0.25, -0.2) is 0 Å². The number of carboxylic acids is 5. The molecule has 1 radical (unpaired) electrons. The molecule has 101 heavy (non-hydrogen) atoms. The average Bonchev–Trinajstić information content (AvgIpc) is 3.67. The van der Waals surface area contributed by atoms with Gasteiger partial charge in [0.05, 0.1) is 0 Å². The maximum atomic E-state index is 10.3. The van der Waals surface area contributed by atoms with Crippen LogP contribution in [0, 0.1) is 0 Å². The molecule has 0 aliphatic rings. The first-order valence-electron chi connectivity index (χ1n) is 44.9. The SMILES string of the molecule is CCCCCCCCCCCCCCCCCC(=O)O.CCCCCCCCCCCCCCCCCC(=O)O.CCCCCCCCCCCCCCCCCC(=O)O.CCCCCCCCCCCCCCCCCC(=O)O.CCCCCCCCCCCCCCCCCC(=O)O.[V]. The van der Waals surface area contributed by atoms with Gasteiger partial charge >= 0.3 is 29.8 Å². The van der Waals surface area contributed by atoms with Crippen LogP contribution in [0.4, 0.5) is 0 Å². The Balaban J connectivity index is -0.000000279. The smallest absolute Gasteiger partial charge is 0.303 e. The summed E-state index contributed by atoms with van der Waals surface area (Å²) < 4.78 is 0. The molecule has 0 spiro atoms. The van der Waals surface area contributed by atoms with Crippen molar-refractivity contribution < 1.29 is 68.1 Å². The van der Waals surface area contributed by atoms with Crippen LogP contribution in [0.25, 0.3) is 0 Å². The monoisotopic (exact) mass is 1470 g/mol. The minimum atomic E-state index is -0.653. The van der Waals surface area contributed by atoms with E-state index in [2.05, 4.69) is 34.6 Å². The fourth-order valence-electron chi connectivity index (χ4n) is 13.2. The molecule has 0 amide bonds. The third kappa shape index (κ3) is 131. The number of unbranched alkanes of at least 4 members (excludes halogenated alkanes) is 70. The minimum Gasteiger partial charge on any atom is -0.481 e. The third-order valence-electron chi connectivity index (χ3n) is 20.0. The standard InChI is InChI=1S/5C18H36O2.V/c5*1-2-3-4-5-6-7-8-9-10-11-12-13-14-15-16-17-18(19)20;/h5*2-17H2,1H3,(H,19,20);. The number of hydrogen-bond donors (Lipinski definition) is 5. The predicted molar refractivity (Wildman–Crippen MR) is 436 cm³/mol. The van der Waals surface area contributed by atoms with E-state index in [0.29, 0.717) is 32.1 Å². The first-order chi connectivity index (χ1) is 48.9. The zero-order chi connectivity index (χ0) is 74.5. The van der Waals surface area contributed by atoms with Gasteiger partial charge in [-0.2, -0.15) is 0 Å². The van der Waals surface area contributed by atoms with Crippen LogP contribution in [0.2, 0.25) is 0 Å². The first-order valence-corrected chi connectivity index (χ1v) is 44.9. The van der Waals surface area contributed by atoms with E-state index >= 15 is 0 Å². The van der Waals surface area contributed by atoms with E-state index in [4.69, 9.17) is 25.5 Å². The van der Waals surface area contributed by atoms with E-state index < -0.39 is 29.8 Å². The molecule has 11 heteroatoms. The van der Waals surface area contributed by atoms with Crippen LogP contribution in [0.15, 0.2) is 0 Å². The quantitative estimate of drug-likeness (QED) is 0.0367. The molecule has 0 aromatic heterocycles. The van der Waals surface area contributed by atoms with Crippen LogP contribution < -0.4 is 0 Å². The zero-order valence-corrected chi connectivity index (χ0v) is 70.2. The van der Waals surface area contributed by atoms with E-state index in [0.717, 1.165) is 64.2 Å². The van der Waals surface area contributed by atoms with Crippen molar-refractivity contribution in [2.45, 2.75) is 548 Å². The van der Waals surface area contributed by atoms with Crippen molar-refractivity contribution in [1.29, 1.82) is 0 Å². The maximum absolute atomic E-state index is 10.3. The zero-order valence-electron chi connectivity index (χ0n) is 68.8.